The van der Waals surface area contributed by atoms with Gasteiger partial charge >= 0.3 is 5.97 Å². The molecule has 3 aromatic rings. The van der Waals surface area contributed by atoms with Crippen molar-refractivity contribution in [3.05, 3.63) is 98.6 Å². The van der Waals surface area contributed by atoms with Gasteiger partial charge < -0.3 is 9.15 Å². The van der Waals surface area contributed by atoms with Crippen molar-refractivity contribution in [3.8, 4) is 0 Å². The van der Waals surface area contributed by atoms with Gasteiger partial charge in [-0.25, -0.2) is 17.9 Å². The molecule has 1 aromatic heterocycles. The largest absolute Gasteiger partial charge is 0.465 e. The minimum Gasteiger partial charge on any atom is -0.465 e. The number of anilines is 1. The first-order chi connectivity index (χ1) is 17.5. The van der Waals surface area contributed by atoms with E-state index in [-0.39, 0.29) is 28.3 Å². The number of esters is 1. The maximum atomic E-state index is 13.4. The normalized spacial score (nSPS) is 15.1. The molecule has 1 N–H and O–H groups in total. The number of nitrogens with zero attached hydrogens (tertiary/aromatic N) is 1. The Kier molecular flexibility index (Phi) is 7.61. The number of hydrogen-bond donors (Lipinski definition) is 1. The Balaban J connectivity index is 1.61. The molecular formula is C26H22Cl2N2O6S. The molecule has 0 radical (unpaired) electrons. The van der Waals surface area contributed by atoms with Crippen LogP contribution in [0.2, 0.25) is 10.0 Å². The van der Waals surface area contributed by atoms with Crippen molar-refractivity contribution in [2.45, 2.75) is 25.3 Å². The van der Waals surface area contributed by atoms with Crippen LogP contribution in [0.4, 0.5) is 5.69 Å². The standard InChI is InChI=1S/C26H22Cl2N2O6S/c1-15-4-7-18(12-23(15)28)30-16(2)24(26(32)35-3)22(25(30)31)13-19-8-9-20(36-19)14-29-37(33,34)21-10-5-17(27)6-11-21/h4-13,29H,14H2,1-3H3/b22-13+. The Morgan fingerprint density at radius 3 is 2.43 bits per heavy atom. The number of carbonyl (C=O) groups excluding carboxylic acids is 2. The summed E-state index contributed by atoms with van der Waals surface area (Å²) in [5.41, 5.74) is 1.89. The van der Waals surface area contributed by atoms with Crippen LogP contribution < -0.4 is 9.62 Å². The predicted molar refractivity (Wildman–Crippen MR) is 141 cm³/mol. The fourth-order valence-corrected chi connectivity index (χ4v) is 5.08. The lowest BCUT2D eigenvalue weighted by molar-refractivity contribution is -0.136. The number of allylic oxidation sites excluding steroid dienone is 1. The molecule has 192 valence electrons. The number of rotatable bonds is 7. The number of furan rings is 1. The van der Waals surface area contributed by atoms with E-state index in [9.17, 15) is 18.0 Å². The topological polar surface area (TPSA) is 106 Å². The number of amides is 1. The first-order valence-electron chi connectivity index (χ1n) is 11.0. The van der Waals surface area contributed by atoms with E-state index in [4.69, 9.17) is 32.4 Å². The Morgan fingerprint density at radius 1 is 1.08 bits per heavy atom. The zero-order valence-corrected chi connectivity index (χ0v) is 22.4. The highest BCUT2D eigenvalue weighted by Gasteiger charge is 2.38. The van der Waals surface area contributed by atoms with E-state index in [0.717, 1.165) is 5.56 Å². The van der Waals surface area contributed by atoms with Crippen LogP contribution in [0.25, 0.3) is 6.08 Å². The van der Waals surface area contributed by atoms with Gasteiger partial charge in [-0.2, -0.15) is 0 Å². The van der Waals surface area contributed by atoms with E-state index in [2.05, 4.69) is 4.72 Å². The smallest absolute Gasteiger partial charge is 0.340 e. The second kappa shape index (κ2) is 10.5. The van der Waals surface area contributed by atoms with Gasteiger partial charge in [-0.05, 0) is 74.0 Å². The molecule has 0 saturated heterocycles. The third-order valence-electron chi connectivity index (χ3n) is 5.73. The molecule has 0 spiro atoms. The van der Waals surface area contributed by atoms with Crippen molar-refractivity contribution in [2.24, 2.45) is 0 Å². The zero-order valence-electron chi connectivity index (χ0n) is 20.0. The molecule has 0 bridgehead atoms. The number of halogens is 2. The highest BCUT2D eigenvalue weighted by atomic mass is 35.5. The van der Waals surface area contributed by atoms with Gasteiger partial charge in [0, 0.05) is 15.7 Å². The summed E-state index contributed by atoms with van der Waals surface area (Å²) >= 11 is 12.1. The lowest BCUT2D eigenvalue weighted by atomic mass is 10.1. The first kappa shape index (κ1) is 26.7. The van der Waals surface area contributed by atoms with Crippen molar-refractivity contribution >= 4 is 56.9 Å². The molecule has 1 aliphatic rings. The summed E-state index contributed by atoms with van der Waals surface area (Å²) in [6, 6.07) is 14.1. The van der Waals surface area contributed by atoms with E-state index in [1.54, 1.807) is 37.3 Å². The fraction of sp³-hybridized carbons (Fsp3) is 0.154. The van der Waals surface area contributed by atoms with Crippen LogP contribution in [-0.4, -0.2) is 27.4 Å². The van der Waals surface area contributed by atoms with Crippen LogP contribution >= 0.6 is 23.2 Å². The third kappa shape index (κ3) is 5.50. The Hall–Kier alpha value is -3.37. The third-order valence-corrected chi connectivity index (χ3v) is 7.81. The maximum absolute atomic E-state index is 13.4. The summed E-state index contributed by atoms with van der Waals surface area (Å²) < 4.78 is 38.1. The molecular weight excluding hydrogens is 539 g/mol. The molecule has 0 fully saturated rings. The van der Waals surface area contributed by atoms with Crippen molar-refractivity contribution in [2.75, 3.05) is 12.0 Å². The van der Waals surface area contributed by atoms with Crippen LogP contribution in [0.5, 0.6) is 0 Å². The zero-order chi connectivity index (χ0) is 26.9. The van der Waals surface area contributed by atoms with Gasteiger partial charge in [-0.3, -0.25) is 9.69 Å². The molecule has 0 unspecified atom stereocenters. The van der Waals surface area contributed by atoms with Crippen LogP contribution in [0, 0.1) is 6.92 Å². The monoisotopic (exact) mass is 560 g/mol. The van der Waals surface area contributed by atoms with Crippen molar-refractivity contribution in [3.63, 3.8) is 0 Å². The lowest BCUT2D eigenvalue weighted by Gasteiger charge is -2.18. The molecule has 4 rings (SSSR count). The molecule has 1 amide bonds. The number of benzene rings is 2. The predicted octanol–water partition coefficient (Wildman–Crippen LogP) is 5.25. The average molecular weight is 561 g/mol. The van der Waals surface area contributed by atoms with Gasteiger partial charge in [0.05, 0.1) is 35.4 Å². The number of methoxy groups -OCH3 is 1. The highest BCUT2D eigenvalue weighted by Crippen LogP contribution is 2.37. The summed E-state index contributed by atoms with van der Waals surface area (Å²) in [7, 11) is -2.57. The average Bonchev–Trinajstić information content (AvgIpc) is 3.41. The minimum atomic E-state index is -3.80. The lowest BCUT2D eigenvalue weighted by Crippen LogP contribution is -2.24. The summed E-state index contributed by atoms with van der Waals surface area (Å²) in [4.78, 5) is 27.5. The molecule has 8 nitrogen and oxygen atoms in total. The van der Waals surface area contributed by atoms with Crippen molar-refractivity contribution < 1.29 is 27.2 Å². The number of carbonyl (C=O) groups is 2. The maximum Gasteiger partial charge on any atom is 0.340 e. The highest BCUT2D eigenvalue weighted by molar-refractivity contribution is 7.89. The van der Waals surface area contributed by atoms with E-state index < -0.39 is 21.9 Å². The molecule has 1 aliphatic heterocycles. The fourth-order valence-electron chi connectivity index (χ4n) is 3.78. The van der Waals surface area contributed by atoms with Crippen molar-refractivity contribution in [1.82, 2.24) is 4.72 Å². The van der Waals surface area contributed by atoms with Crippen LogP contribution in [-0.2, 0) is 30.9 Å². The summed E-state index contributed by atoms with van der Waals surface area (Å²) in [5.74, 6) is -0.584. The summed E-state index contributed by atoms with van der Waals surface area (Å²) in [5, 5.41) is 0.899. The number of sulfonamides is 1. The summed E-state index contributed by atoms with van der Waals surface area (Å²) in [6.07, 6.45) is 1.42. The van der Waals surface area contributed by atoms with E-state index in [1.165, 1.54) is 42.4 Å². The van der Waals surface area contributed by atoms with E-state index in [0.29, 0.717) is 27.2 Å². The molecule has 11 heteroatoms. The van der Waals surface area contributed by atoms with Crippen LogP contribution in [0.1, 0.15) is 24.0 Å². The Labute approximate surface area is 224 Å². The molecule has 37 heavy (non-hydrogen) atoms. The van der Waals surface area contributed by atoms with Crippen LogP contribution in [0.3, 0.4) is 0 Å². The van der Waals surface area contributed by atoms with Gasteiger partial charge in [0.25, 0.3) is 5.91 Å². The quantitative estimate of drug-likeness (QED) is 0.312. The van der Waals surface area contributed by atoms with Gasteiger partial charge in [0.1, 0.15) is 11.5 Å². The number of ether oxygens (including phenoxy) is 1. The second-order valence-electron chi connectivity index (χ2n) is 8.17. The number of aryl methyl sites for hydroxylation is 1. The minimum absolute atomic E-state index is 0.0574. The van der Waals surface area contributed by atoms with Crippen molar-refractivity contribution in [1.29, 1.82) is 0 Å². The van der Waals surface area contributed by atoms with E-state index >= 15 is 0 Å². The van der Waals surface area contributed by atoms with Crippen LogP contribution in [0.15, 0.2) is 80.8 Å². The SMILES string of the molecule is COC(=O)C1=C(C)N(c2ccc(C)c(Cl)c2)C(=O)/C1=C/c1ccc(CNS(=O)(=O)c2ccc(Cl)cc2)o1. The molecule has 0 aliphatic carbocycles. The molecule has 0 saturated carbocycles. The Morgan fingerprint density at radius 2 is 1.78 bits per heavy atom. The Bertz CT molecular complexity index is 1560. The van der Waals surface area contributed by atoms with E-state index in [1.807, 2.05) is 6.92 Å². The van der Waals surface area contributed by atoms with Gasteiger partial charge in [-0.15, -0.1) is 0 Å². The molecule has 2 heterocycles. The molecule has 0 atom stereocenters. The number of hydrogen-bond acceptors (Lipinski definition) is 6. The molecule has 2 aromatic carbocycles. The van der Waals surface area contributed by atoms with Gasteiger partial charge in [0.2, 0.25) is 10.0 Å². The van der Waals surface area contributed by atoms with Gasteiger partial charge in [0.15, 0.2) is 0 Å². The second-order valence-corrected chi connectivity index (χ2v) is 10.8. The number of nitrogens with one attached hydrogen (secondary N) is 1. The first-order valence-corrected chi connectivity index (χ1v) is 13.2. The van der Waals surface area contributed by atoms with Gasteiger partial charge in [-0.1, -0.05) is 29.3 Å². The summed E-state index contributed by atoms with van der Waals surface area (Å²) in [6.45, 7) is 3.35.